The van der Waals surface area contributed by atoms with Crippen molar-refractivity contribution in [3.05, 3.63) is 48.6 Å². The van der Waals surface area contributed by atoms with E-state index in [-0.39, 0.29) is 19.6 Å². The molecule has 0 aromatic rings. The van der Waals surface area contributed by atoms with E-state index in [0.717, 1.165) is 64.2 Å². The van der Waals surface area contributed by atoms with Crippen molar-refractivity contribution in [1.82, 2.24) is 0 Å². The summed E-state index contributed by atoms with van der Waals surface area (Å²) in [4.78, 5) is 22.6. The van der Waals surface area contributed by atoms with Gasteiger partial charge in [0, 0.05) is 13.0 Å². The Labute approximate surface area is 362 Å². The molecule has 0 saturated heterocycles. The molecule has 0 aliphatic rings. The summed E-state index contributed by atoms with van der Waals surface area (Å²) < 4.78 is 33.4. The first kappa shape index (κ1) is 57.4. The zero-order chi connectivity index (χ0) is 43.2. The highest BCUT2D eigenvalue weighted by atomic mass is 31.2. The molecular formula is C49H91O9P. The molecule has 0 aliphatic carbocycles. The van der Waals surface area contributed by atoms with Gasteiger partial charge in [-0.1, -0.05) is 178 Å². The van der Waals surface area contributed by atoms with Crippen LogP contribution in [0.2, 0.25) is 0 Å². The van der Waals surface area contributed by atoms with Crippen LogP contribution in [0.25, 0.3) is 0 Å². The molecule has 0 heterocycles. The Morgan fingerprint density at radius 1 is 0.525 bits per heavy atom. The van der Waals surface area contributed by atoms with Crippen molar-refractivity contribution in [2.24, 2.45) is 0 Å². The Morgan fingerprint density at radius 2 is 0.915 bits per heavy atom. The van der Waals surface area contributed by atoms with Crippen molar-refractivity contribution in [3.63, 3.8) is 0 Å². The first-order valence-corrected chi connectivity index (χ1v) is 25.6. The van der Waals surface area contributed by atoms with Gasteiger partial charge in [0.25, 0.3) is 0 Å². The third-order valence-electron chi connectivity index (χ3n) is 10.2. The fraction of sp³-hybridized carbons (Fsp3) is 0.816. The van der Waals surface area contributed by atoms with E-state index >= 15 is 0 Å². The van der Waals surface area contributed by atoms with Gasteiger partial charge >= 0.3 is 13.8 Å². The fourth-order valence-corrected chi connectivity index (χ4v) is 7.32. The minimum Gasteiger partial charge on any atom is -0.457 e. The number of phosphoric acid groups is 1. The van der Waals surface area contributed by atoms with Crippen molar-refractivity contribution < 1.29 is 43.0 Å². The maximum absolute atomic E-state index is 12.6. The van der Waals surface area contributed by atoms with E-state index in [4.69, 9.17) is 23.6 Å². The lowest BCUT2D eigenvalue weighted by molar-refractivity contribution is -0.154. The minimum absolute atomic E-state index is 0.0410. The highest BCUT2D eigenvalue weighted by Gasteiger charge is 2.26. The van der Waals surface area contributed by atoms with E-state index < -0.39 is 39.2 Å². The van der Waals surface area contributed by atoms with Crippen molar-refractivity contribution in [1.29, 1.82) is 0 Å². The van der Waals surface area contributed by atoms with Crippen LogP contribution in [0.1, 0.15) is 213 Å². The van der Waals surface area contributed by atoms with Crippen molar-refractivity contribution >= 4 is 13.8 Å². The lowest BCUT2D eigenvalue weighted by Gasteiger charge is -2.20. The molecule has 0 fully saturated rings. The molecule has 0 aliphatic heterocycles. The van der Waals surface area contributed by atoms with Gasteiger partial charge in [0.15, 0.2) is 0 Å². The number of esters is 1. The number of aliphatic hydroxyl groups excluding tert-OH is 2. The number of unbranched alkanes of at least 4 members (excludes halogenated alkanes) is 24. The Bertz CT molecular complexity index is 1060. The second kappa shape index (κ2) is 45.9. The van der Waals surface area contributed by atoms with Crippen LogP contribution in [0.5, 0.6) is 0 Å². The monoisotopic (exact) mass is 855 g/mol. The summed E-state index contributed by atoms with van der Waals surface area (Å²) in [5, 5.41) is 18.4. The van der Waals surface area contributed by atoms with E-state index in [1.54, 1.807) is 0 Å². The first-order valence-electron chi connectivity index (χ1n) is 24.1. The Morgan fingerprint density at radius 3 is 1.37 bits per heavy atom. The van der Waals surface area contributed by atoms with Crippen molar-refractivity contribution in [2.75, 3.05) is 33.0 Å². The van der Waals surface area contributed by atoms with Gasteiger partial charge in [-0.25, -0.2) is 4.57 Å². The number of phosphoric ester groups is 1. The normalized spacial score (nSPS) is 14.3. The summed E-state index contributed by atoms with van der Waals surface area (Å²) in [6, 6.07) is 0. The lowest BCUT2D eigenvalue weighted by Crippen LogP contribution is -2.29. The standard InChI is InChI=1S/C49H91O9P/c1-3-5-7-9-11-13-15-17-19-21-22-23-24-25-26-28-30-32-34-36-38-40-42-55-45-48(46-57-59(53,54)56-44-47(51)43-50)58-49(52)41-39-37-35-33-31-29-27-20-18-16-14-12-10-8-6-4-2/h14-17,20-22,27,47-48,50-51H,3-13,18-19,23-26,28-46H2,1-2H3,(H,53,54)/b16-14-,17-15-,22-21-,27-20-. The van der Waals surface area contributed by atoms with Crippen LogP contribution >= 0.6 is 7.82 Å². The Hall–Kier alpha value is -1.58. The van der Waals surface area contributed by atoms with E-state index in [1.165, 1.54) is 122 Å². The number of hydrogen-bond donors (Lipinski definition) is 3. The molecule has 3 atom stereocenters. The third kappa shape index (κ3) is 45.8. The van der Waals surface area contributed by atoms with Gasteiger partial charge < -0.3 is 24.6 Å². The van der Waals surface area contributed by atoms with Crippen LogP contribution in [0, 0.1) is 0 Å². The topological polar surface area (TPSA) is 132 Å². The molecule has 0 bridgehead atoms. The molecule has 3 N–H and O–H groups in total. The number of aliphatic hydroxyl groups is 2. The number of rotatable bonds is 46. The molecule has 0 radical (unpaired) electrons. The Balaban J connectivity index is 4.12. The molecule has 346 valence electrons. The molecule has 0 aromatic heterocycles. The number of ether oxygens (including phenoxy) is 2. The average Bonchev–Trinajstić information content (AvgIpc) is 3.23. The Kier molecular flexibility index (Phi) is 44.7. The van der Waals surface area contributed by atoms with Gasteiger partial charge in [-0.3, -0.25) is 13.8 Å². The molecule has 0 spiro atoms. The first-order chi connectivity index (χ1) is 28.8. The van der Waals surface area contributed by atoms with Crippen LogP contribution < -0.4 is 0 Å². The zero-order valence-electron chi connectivity index (χ0n) is 38.0. The second-order valence-electron chi connectivity index (χ2n) is 16.1. The molecule has 0 aromatic carbocycles. The minimum atomic E-state index is -4.53. The van der Waals surface area contributed by atoms with Gasteiger partial charge in [0.05, 0.1) is 26.4 Å². The third-order valence-corrected chi connectivity index (χ3v) is 11.2. The molecule has 0 saturated carbocycles. The number of carbonyl (C=O) groups is 1. The van der Waals surface area contributed by atoms with Gasteiger partial charge in [-0.05, 0) is 77.0 Å². The smallest absolute Gasteiger partial charge is 0.457 e. The van der Waals surface area contributed by atoms with Gasteiger partial charge in [0.2, 0.25) is 0 Å². The van der Waals surface area contributed by atoms with Crippen molar-refractivity contribution in [3.8, 4) is 0 Å². The summed E-state index contributed by atoms with van der Waals surface area (Å²) >= 11 is 0. The zero-order valence-corrected chi connectivity index (χ0v) is 38.9. The summed E-state index contributed by atoms with van der Waals surface area (Å²) in [5.74, 6) is -0.396. The van der Waals surface area contributed by atoms with Crippen LogP contribution in [-0.2, 0) is 27.9 Å². The molecule has 9 nitrogen and oxygen atoms in total. The fourth-order valence-electron chi connectivity index (χ4n) is 6.53. The largest absolute Gasteiger partial charge is 0.472 e. The van der Waals surface area contributed by atoms with Gasteiger partial charge in [-0.15, -0.1) is 0 Å². The van der Waals surface area contributed by atoms with Crippen LogP contribution in [0.15, 0.2) is 48.6 Å². The van der Waals surface area contributed by atoms with Crippen LogP contribution in [-0.4, -0.2) is 66.3 Å². The number of hydrogen-bond acceptors (Lipinski definition) is 8. The summed E-state index contributed by atoms with van der Waals surface area (Å²) in [5.41, 5.74) is 0. The number of allylic oxidation sites excluding steroid dienone is 8. The average molecular weight is 855 g/mol. The summed E-state index contributed by atoms with van der Waals surface area (Å²) in [7, 11) is -4.53. The van der Waals surface area contributed by atoms with E-state index in [0.29, 0.717) is 13.0 Å². The van der Waals surface area contributed by atoms with E-state index in [2.05, 4.69) is 62.5 Å². The van der Waals surface area contributed by atoms with Crippen LogP contribution in [0.3, 0.4) is 0 Å². The maximum Gasteiger partial charge on any atom is 0.472 e. The van der Waals surface area contributed by atoms with Crippen LogP contribution in [0.4, 0.5) is 0 Å². The van der Waals surface area contributed by atoms with E-state index in [1.807, 2.05) is 0 Å². The summed E-state index contributed by atoms with van der Waals surface area (Å²) in [6.45, 7) is 3.48. The molecule has 3 unspecified atom stereocenters. The lowest BCUT2D eigenvalue weighted by atomic mass is 10.1. The van der Waals surface area contributed by atoms with Gasteiger partial charge in [0.1, 0.15) is 12.2 Å². The maximum atomic E-state index is 12.6. The molecular weight excluding hydrogens is 764 g/mol. The number of carbonyl (C=O) groups excluding carboxylic acids is 1. The molecule has 0 rings (SSSR count). The van der Waals surface area contributed by atoms with Crippen molar-refractivity contribution in [2.45, 2.75) is 225 Å². The predicted molar refractivity (Wildman–Crippen MR) is 247 cm³/mol. The highest BCUT2D eigenvalue weighted by Crippen LogP contribution is 2.43. The predicted octanol–water partition coefficient (Wildman–Crippen LogP) is 13.8. The quantitative estimate of drug-likeness (QED) is 0.0237. The molecule has 10 heteroatoms. The highest BCUT2D eigenvalue weighted by molar-refractivity contribution is 7.47. The second-order valence-corrected chi connectivity index (χ2v) is 17.6. The molecule has 0 amide bonds. The van der Waals surface area contributed by atoms with Gasteiger partial charge in [-0.2, -0.15) is 0 Å². The SMILES string of the molecule is CCCCCC/C=C\C/C=C\CCCCCCCC(=O)OC(COCCCCCCCCCCCC/C=C\C/C=C\CCCCCCC)COP(=O)(O)OCC(O)CO. The summed E-state index contributed by atoms with van der Waals surface area (Å²) in [6.07, 6.45) is 52.1. The van der Waals surface area contributed by atoms with E-state index in [9.17, 15) is 19.4 Å². The molecule has 59 heavy (non-hydrogen) atoms.